The quantitative estimate of drug-likeness (QED) is 0.555. The van der Waals surface area contributed by atoms with E-state index in [1.807, 2.05) is 29.6 Å². The summed E-state index contributed by atoms with van der Waals surface area (Å²) < 4.78 is 13.1. The molecular formula is C23H31ClN4O2. The van der Waals surface area contributed by atoms with Crippen LogP contribution < -0.4 is 14.8 Å². The lowest BCUT2D eigenvalue weighted by Crippen LogP contribution is -2.21. The van der Waals surface area contributed by atoms with Crippen molar-refractivity contribution in [2.75, 3.05) is 19.5 Å². The van der Waals surface area contributed by atoms with E-state index < -0.39 is 0 Å². The molecule has 2 aromatic heterocycles. The molecule has 2 heterocycles. The van der Waals surface area contributed by atoms with Gasteiger partial charge in [-0.3, -0.25) is 0 Å². The molecule has 4 rings (SSSR count). The van der Waals surface area contributed by atoms with Crippen LogP contribution in [0.2, 0.25) is 0 Å². The summed E-state index contributed by atoms with van der Waals surface area (Å²) in [7, 11) is 3.37. The maximum atomic E-state index is 5.66. The third kappa shape index (κ3) is 3.69. The number of nitrogens with one attached hydrogen (secondary N) is 1. The number of anilines is 1. The summed E-state index contributed by atoms with van der Waals surface area (Å²) in [6.07, 6.45) is 5.36. The summed E-state index contributed by atoms with van der Waals surface area (Å²) in [6, 6.07) is 6.28. The zero-order valence-electron chi connectivity index (χ0n) is 18.4. The molecule has 0 aliphatic heterocycles. The Bertz CT molecular complexity index is 1040. The maximum Gasteiger partial charge on any atom is 0.165 e. The van der Waals surface area contributed by atoms with Crippen LogP contribution in [-0.4, -0.2) is 34.9 Å². The van der Waals surface area contributed by atoms with Crippen LogP contribution in [0.1, 0.15) is 50.1 Å². The molecule has 0 saturated heterocycles. The Balaban J connectivity index is 0.00000256. The van der Waals surface area contributed by atoms with Crippen LogP contribution in [-0.2, 0) is 12.8 Å². The highest BCUT2D eigenvalue weighted by Crippen LogP contribution is 2.39. The molecule has 1 aliphatic rings. The Kier molecular flexibility index (Phi) is 6.76. The summed E-state index contributed by atoms with van der Waals surface area (Å²) in [5.74, 6) is 2.68. The Morgan fingerprint density at radius 3 is 2.57 bits per heavy atom. The summed E-state index contributed by atoms with van der Waals surface area (Å²) in [4.78, 5) is 5.07. The van der Waals surface area contributed by atoms with Crippen LogP contribution in [0.25, 0.3) is 16.8 Å². The van der Waals surface area contributed by atoms with Gasteiger partial charge in [0.25, 0.3) is 0 Å². The van der Waals surface area contributed by atoms with Gasteiger partial charge in [-0.25, -0.2) is 4.98 Å². The van der Waals surface area contributed by atoms with Crippen molar-refractivity contribution in [1.29, 1.82) is 0 Å². The summed E-state index contributed by atoms with van der Waals surface area (Å²) in [5.41, 5.74) is 6.27. The Hall–Kier alpha value is -2.47. The van der Waals surface area contributed by atoms with E-state index in [1.54, 1.807) is 14.2 Å². The van der Waals surface area contributed by atoms with Gasteiger partial charge in [-0.1, -0.05) is 13.8 Å². The largest absolute Gasteiger partial charge is 0.497 e. The van der Waals surface area contributed by atoms with Gasteiger partial charge in [0.15, 0.2) is 5.65 Å². The molecule has 3 aromatic rings. The van der Waals surface area contributed by atoms with Gasteiger partial charge in [-0.15, -0.1) is 12.4 Å². The first-order valence-corrected chi connectivity index (χ1v) is 10.5. The predicted octanol–water partition coefficient (Wildman–Crippen LogP) is 5.23. The van der Waals surface area contributed by atoms with Crippen molar-refractivity contribution in [2.24, 2.45) is 0 Å². The Morgan fingerprint density at radius 1 is 1.13 bits per heavy atom. The highest BCUT2D eigenvalue weighted by atomic mass is 35.5. The molecule has 1 aromatic carbocycles. The monoisotopic (exact) mass is 430 g/mol. The van der Waals surface area contributed by atoms with Crippen molar-refractivity contribution in [3.63, 3.8) is 0 Å². The first-order valence-electron chi connectivity index (χ1n) is 10.5. The first-order chi connectivity index (χ1) is 14.1. The summed E-state index contributed by atoms with van der Waals surface area (Å²) in [6.45, 7) is 6.48. The lowest BCUT2D eigenvalue weighted by atomic mass is 10.0. The normalized spacial score (nSPS) is 12.7. The van der Waals surface area contributed by atoms with Crippen LogP contribution in [0.4, 0.5) is 5.82 Å². The number of ether oxygens (including phenoxy) is 2. The van der Waals surface area contributed by atoms with Crippen LogP contribution in [0, 0.1) is 6.92 Å². The fraction of sp³-hybridized carbons (Fsp3) is 0.478. The molecule has 0 bridgehead atoms. The zero-order chi connectivity index (χ0) is 20.5. The molecule has 30 heavy (non-hydrogen) atoms. The number of nitrogens with zero attached hydrogens (tertiary/aromatic N) is 3. The molecule has 0 atom stereocenters. The zero-order valence-corrected chi connectivity index (χ0v) is 19.2. The molecule has 7 heteroatoms. The summed E-state index contributed by atoms with van der Waals surface area (Å²) in [5, 5.41) is 8.68. The van der Waals surface area contributed by atoms with Crippen molar-refractivity contribution in [2.45, 2.75) is 58.9 Å². The molecule has 0 amide bonds. The van der Waals surface area contributed by atoms with Crippen molar-refractivity contribution in [3.05, 3.63) is 35.2 Å². The first kappa shape index (κ1) is 22.2. The van der Waals surface area contributed by atoms with Crippen LogP contribution in [0.5, 0.6) is 11.5 Å². The molecule has 162 valence electrons. The van der Waals surface area contributed by atoms with E-state index in [4.69, 9.17) is 19.6 Å². The minimum Gasteiger partial charge on any atom is -0.497 e. The van der Waals surface area contributed by atoms with Gasteiger partial charge in [0.05, 0.1) is 25.5 Å². The molecule has 6 nitrogen and oxygen atoms in total. The molecule has 0 unspecified atom stereocenters. The van der Waals surface area contributed by atoms with E-state index in [0.29, 0.717) is 6.04 Å². The molecule has 0 radical (unpaired) electrons. The van der Waals surface area contributed by atoms with Gasteiger partial charge in [0.2, 0.25) is 0 Å². The number of benzene rings is 1. The van der Waals surface area contributed by atoms with E-state index in [1.165, 1.54) is 11.3 Å². The minimum absolute atomic E-state index is 0. The molecule has 0 fully saturated rings. The topological polar surface area (TPSA) is 60.7 Å². The fourth-order valence-corrected chi connectivity index (χ4v) is 4.30. The highest BCUT2D eigenvalue weighted by Gasteiger charge is 2.26. The van der Waals surface area contributed by atoms with Crippen molar-refractivity contribution >= 4 is 23.9 Å². The average molecular weight is 431 g/mol. The molecule has 1 aliphatic carbocycles. The lowest BCUT2D eigenvalue weighted by Gasteiger charge is -2.20. The number of hydrogen-bond donors (Lipinski definition) is 1. The number of hydrogen-bond acceptors (Lipinski definition) is 5. The second-order valence-corrected chi connectivity index (χ2v) is 7.66. The Labute approximate surface area is 184 Å². The smallest absolute Gasteiger partial charge is 0.165 e. The van der Waals surface area contributed by atoms with E-state index in [9.17, 15) is 0 Å². The molecule has 0 spiro atoms. The number of rotatable bonds is 7. The number of fused-ring (bicyclic) bond motifs is 2. The summed E-state index contributed by atoms with van der Waals surface area (Å²) >= 11 is 0. The average Bonchev–Trinajstić information content (AvgIpc) is 3.34. The second-order valence-electron chi connectivity index (χ2n) is 7.66. The van der Waals surface area contributed by atoms with Gasteiger partial charge in [0.1, 0.15) is 17.3 Å². The van der Waals surface area contributed by atoms with Gasteiger partial charge >= 0.3 is 0 Å². The number of halogens is 1. The van der Waals surface area contributed by atoms with Gasteiger partial charge < -0.3 is 14.8 Å². The molecule has 1 N–H and O–H groups in total. The number of aromatic nitrogens is 3. The van der Waals surface area contributed by atoms with E-state index in [2.05, 4.69) is 19.2 Å². The minimum atomic E-state index is 0. The number of methoxy groups -OCH3 is 2. The lowest BCUT2D eigenvalue weighted by molar-refractivity contribution is 0.404. The van der Waals surface area contributed by atoms with Crippen LogP contribution in [0.15, 0.2) is 18.2 Å². The predicted molar refractivity (Wildman–Crippen MR) is 124 cm³/mol. The third-order valence-electron chi connectivity index (χ3n) is 5.97. The number of aryl methyl sites for hydroxylation is 2. The van der Waals surface area contributed by atoms with E-state index in [-0.39, 0.29) is 12.4 Å². The van der Waals surface area contributed by atoms with E-state index >= 15 is 0 Å². The van der Waals surface area contributed by atoms with E-state index in [0.717, 1.165) is 71.9 Å². The van der Waals surface area contributed by atoms with Crippen molar-refractivity contribution in [1.82, 2.24) is 14.6 Å². The van der Waals surface area contributed by atoms with Crippen LogP contribution in [0.3, 0.4) is 0 Å². The molecule has 0 saturated carbocycles. The molecular weight excluding hydrogens is 400 g/mol. The van der Waals surface area contributed by atoms with Gasteiger partial charge in [0, 0.05) is 22.9 Å². The van der Waals surface area contributed by atoms with Gasteiger partial charge in [-0.05, 0) is 57.2 Å². The fourth-order valence-electron chi connectivity index (χ4n) is 4.30. The third-order valence-corrected chi connectivity index (χ3v) is 5.97. The Morgan fingerprint density at radius 2 is 1.90 bits per heavy atom. The van der Waals surface area contributed by atoms with Crippen LogP contribution >= 0.6 is 12.4 Å². The maximum absolute atomic E-state index is 5.66. The van der Waals surface area contributed by atoms with Gasteiger partial charge in [-0.2, -0.15) is 9.61 Å². The SMILES string of the molecule is CCC(CC)Nc1c2c(nc3c(-c4cc(OC)ccc4OC)c(C)nn13)CCC2.Cl. The van der Waals surface area contributed by atoms with Crippen molar-refractivity contribution in [3.8, 4) is 22.6 Å². The highest BCUT2D eigenvalue weighted by molar-refractivity contribution is 5.86. The standard InChI is InChI=1S/C23H30N4O2.ClH/c1-6-15(7-2)24-22-17-9-8-10-19(17)25-23-21(14(3)26-27(22)23)18-13-16(28-4)11-12-20(18)29-5;/h11-13,15,24H,6-10H2,1-5H3;1H. The second kappa shape index (κ2) is 9.13. The van der Waals surface area contributed by atoms with Crippen molar-refractivity contribution < 1.29 is 9.47 Å².